The van der Waals surface area contributed by atoms with Gasteiger partial charge >= 0.3 is 0 Å². The molecule has 2 heterocycles. The fraction of sp³-hybridized carbons (Fsp3) is 0.500. The van der Waals surface area contributed by atoms with E-state index in [1.807, 2.05) is 18.2 Å². The van der Waals surface area contributed by atoms with Gasteiger partial charge in [0.25, 0.3) is 0 Å². The van der Waals surface area contributed by atoms with Crippen LogP contribution in [0, 0.1) is 5.92 Å². The van der Waals surface area contributed by atoms with Crippen LogP contribution in [-0.2, 0) is 4.74 Å². The van der Waals surface area contributed by atoms with E-state index in [4.69, 9.17) is 22.7 Å². The van der Waals surface area contributed by atoms with E-state index in [1.54, 1.807) is 0 Å². The Morgan fingerprint density at radius 2 is 2.47 bits per heavy atom. The van der Waals surface area contributed by atoms with Crippen LogP contribution in [0.15, 0.2) is 18.2 Å². The van der Waals surface area contributed by atoms with Crippen molar-refractivity contribution in [1.29, 1.82) is 0 Å². The maximum atomic E-state index is 5.54. The molecule has 92 valence electrons. The Morgan fingerprint density at radius 3 is 3.12 bits per heavy atom. The van der Waals surface area contributed by atoms with Crippen molar-refractivity contribution in [1.82, 2.24) is 4.98 Å². The summed E-state index contributed by atoms with van der Waals surface area (Å²) in [6.45, 7) is 3.83. The Morgan fingerprint density at radius 1 is 1.65 bits per heavy atom. The number of ether oxygens (including phenoxy) is 1. The van der Waals surface area contributed by atoms with E-state index >= 15 is 0 Å². The number of hydrogen-bond donors (Lipinski definition) is 2. The molecular formula is C12H17N3OS. The lowest BCUT2D eigenvalue weighted by atomic mass is 10.0. The van der Waals surface area contributed by atoms with Crippen LogP contribution in [0.1, 0.15) is 19.0 Å². The van der Waals surface area contributed by atoms with Crippen LogP contribution >= 0.6 is 12.2 Å². The van der Waals surface area contributed by atoms with E-state index in [0.717, 1.165) is 25.4 Å². The fourth-order valence-electron chi connectivity index (χ4n) is 1.95. The molecule has 0 amide bonds. The second kappa shape index (κ2) is 5.42. The molecule has 4 nitrogen and oxygen atoms in total. The van der Waals surface area contributed by atoms with Gasteiger partial charge in [0.2, 0.25) is 0 Å². The number of thiocarbonyl (C=S) groups is 1. The lowest BCUT2D eigenvalue weighted by Crippen LogP contribution is -2.21. The highest BCUT2D eigenvalue weighted by Gasteiger charge is 2.23. The average Bonchev–Trinajstić information content (AvgIpc) is 2.72. The molecule has 17 heavy (non-hydrogen) atoms. The molecule has 1 aliphatic rings. The first kappa shape index (κ1) is 12.3. The molecular weight excluding hydrogens is 234 g/mol. The van der Waals surface area contributed by atoms with Crippen LogP contribution in [0.2, 0.25) is 0 Å². The molecule has 2 rings (SSSR count). The molecule has 1 aromatic heterocycles. The smallest absolute Gasteiger partial charge is 0.126 e. The summed E-state index contributed by atoms with van der Waals surface area (Å²) < 4.78 is 5.51. The minimum Gasteiger partial charge on any atom is -0.388 e. The molecule has 5 heteroatoms. The second-order valence-corrected chi connectivity index (χ2v) is 4.72. The Bertz CT molecular complexity index is 410. The first-order chi connectivity index (χ1) is 8.16. The summed E-state index contributed by atoms with van der Waals surface area (Å²) >= 11 is 4.90. The Balaban J connectivity index is 1.94. The predicted molar refractivity (Wildman–Crippen MR) is 72.1 cm³/mol. The summed E-state index contributed by atoms with van der Waals surface area (Å²) in [4.78, 5) is 4.67. The maximum Gasteiger partial charge on any atom is 0.126 e. The van der Waals surface area contributed by atoms with Crippen molar-refractivity contribution in [2.75, 3.05) is 18.5 Å². The first-order valence-corrected chi connectivity index (χ1v) is 6.20. The molecule has 1 aliphatic heterocycles. The topological polar surface area (TPSA) is 60.2 Å². The highest BCUT2D eigenvalue weighted by molar-refractivity contribution is 7.80. The molecule has 1 aromatic rings. The van der Waals surface area contributed by atoms with Gasteiger partial charge in [0.1, 0.15) is 10.8 Å². The van der Waals surface area contributed by atoms with Crippen LogP contribution in [0.4, 0.5) is 5.82 Å². The van der Waals surface area contributed by atoms with Gasteiger partial charge in [-0.3, -0.25) is 0 Å². The molecule has 2 atom stereocenters. The molecule has 1 saturated heterocycles. The number of pyridine rings is 1. The zero-order chi connectivity index (χ0) is 12.3. The quantitative estimate of drug-likeness (QED) is 0.795. The van der Waals surface area contributed by atoms with Gasteiger partial charge in [-0.2, -0.15) is 0 Å². The standard InChI is InChI=1S/C12H17N3OS/c1-8-9(5-6-16-8)7-14-11-4-2-3-10(15-11)12(13)17/h2-4,8-9H,5-7H2,1H3,(H2,13,17)(H,14,15). The number of rotatable bonds is 4. The number of nitrogens with zero attached hydrogens (tertiary/aromatic N) is 1. The van der Waals surface area contributed by atoms with Crippen molar-refractivity contribution in [3.63, 3.8) is 0 Å². The Hall–Kier alpha value is -1.20. The summed E-state index contributed by atoms with van der Waals surface area (Å²) in [7, 11) is 0. The largest absolute Gasteiger partial charge is 0.388 e. The van der Waals surface area contributed by atoms with Crippen molar-refractivity contribution >= 4 is 23.0 Å². The molecule has 0 radical (unpaired) electrons. The predicted octanol–water partition coefficient (Wildman–Crippen LogP) is 1.55. The third-order valence-corrected chi connectivity index (χ3v) is 3.29. The lowest BCUT2D eigenvalue weighted by molar-refractivity contribution is 0.108. The average molecular weight is 251 g/mol. The summed E-state index contributed by atoms with van der Waals surface area (Å²) in [5, 5.41) is 3.31. The van der Waals surface area contributed by atoms with Crippen molar-refractivity contribution in [2.45, 2.75) is 19.4 Å². The zero-order valence-corrected chi connectivity index (χ0v) is 10.7. The van der Waals surface area contributed by atoms with Gasteiger partial charge in [-0.05, 0) is 25.5 Å². The Labute approximate surface area is 107 Å². The highest BCUT2D eigenvalue weighted by atomic mass is 32.1. The number of anilines is 1. The Kier molecular flexibility index (Phi) is 3.91. The van der Waals surface area contributed by atoms with Gasteiger partial charge in [0.05, 0.1) is 11.8 Å². The lowest BCUT2D eigenvalue weighted by Gasteiger charge is -2.15. The summed E-state index contributed by atoms with van der Waals surface area (Å²) in [6.07, 6.45) is 1.42. The highest BCUT2D eigenvalue weighted by Crippen LogP contribution is 2.20. The van der Waals surface area contributed by atoms with Gasteiger partial charge in [-0.15, -0.1) is 0 Å². The molecule has 3 N–H and O–H groups in total. The monoisotopic (exact) mass is 251 g/mol. The van der Waals surface area contributed by atoms with Crippen LogP contribution in [0.5, 0.6) is 0 Å². The molecule has 0 bridgehead atoms. The van der Waals surface area contributed by atoms with E-state index in [1.165, 1.54) is 0 Å². The summed E-state index contributed by atoms with van der Waals surface area (Å²) in [5.74, 6) is 1.36. The third kappa shape index (κ3) is 3.14. The molecule has 0 saturated carbocycles. The normalized spacial score (nSPS) is 23.6. The van der Waals surface area contributed by atoms with Crippen LogP contribution in [0.3, 0.4) is 0 Å². The van der Waals surface area contributed by atoms with Crippen molar-refractivity contribution < 1.29 is 4.74 Å². The van der Waals surface area contributed by atoms with Crippen molar-refractivity contribution in [2.24, 2.45) is 11.7 Å². The van der Waals surface area contributed by atoms with Gasteiger partial charge in [0.15, 0.2) is 0 Å². The van der Waals surface area contributed by atoms with E-state index in [2.05, 4.69) is 17.2 Å². The molecule has 1 fully saturated rings. The van der Waals surface area contributed by atoms with Crippen molar-refractivity contribution in [3.8, 4) is 0 Å². The maximum absolute atomic E-state index is 5.54. The third-order valence-electron chi connectivity index (χ3n) is 3.08. The van der Waals surface area contributed by atoms with Crippen LogP contribution in [-0.4, -0.2) is 29.2 Å². The number of hydrogen-bond acceptors (Lipinski definition) is 4. The van der Waals surface area contributed by atoms with Gasteiger partial charge in [-0.25, -0.2) is 4.98 Å². The molecule has 0 aliphatic carbocycles. The number of nitrogens with two attached hydrogens (primary N) is 1. The van der Waals surface area contributed by atoms with E-state index in [0.29, 0.717) is 22.7 Å². The fourth-order valence-corrected chi connectivity index (χ4v) is 2.06. The van der Waals surface area contributed by atoms with Crippen LogP contribution in [0.25, 0.3) is 0 Å². The van der Waals surface area contributed by atoms with E-state index < -0.39 is 0 Å². The van der Waals surface area contributed by atoms with Gasteiger partial charge in [0, 0.05) is 19.1 Å². The number of aromatic nitrogens is 1. The molecule has 0 aromatic carbocycles. The van der Waals surface area contributed by atoms with Crippen LogP contribution < -0.4 is 11.1 Å². The summed E-state index contributed by atoms with van der Waals surface area (Å²) in [6, 6.07) is 5.63. The first-order valence-electron chi connectivity index (χ1n) is 5.79. The zero-order valence-electron chi connectivity index (χ0n) is 9.85. The second-order valence-electron chi connectivity index (χ2n) is 4.28. The SMILES string of the molecule is CC1OCCC1CNc1cccc(C(N)=S)n1. The van der Waals surface area contributed by atoms with E-state index in [9.17, 15) is 0 Å². The summed E-state index contributed by atoms with van der Waals surface area (Å²) in [5.41, 5.74) is 6.20. The van der Waals surface area contributed by atoms with E-state index in [-0.39, 0.29) is 0 Å². The molecule has 2 unspecified atom stereocenters. The van der Waals surface area contributed by atoms with Gasteiger partial charge < -0.3 is 15.8 Å². The number of nitrogens with one attached hydrogen (secondary N) is 1. The minimum absolute atomic E-state index is 0.321. The van der Waals surface area contributed by atoms with Gasteiger partial charge in [-0.1, -0.05) is 18.3 Å². The molecule has 0 spiro atoms. The minimum atomic E-state index is 0.321. The van der Waals surface area contributed by atoms with Crippen molar-refractivity contribution in [3.05, 3.63) is 23.9 Å².